The van der Waals surface area contributed by atoms with Gasteiger partial charge >= 0.3 is 156 Å². The van der Waals surface area contributed by atoms with Gasteiger partial charge in [0.25, 0.3) is 0 Å². The summed E-state index contributed by atoms with van der Waals surface area (Å²) < 4.78 is 36.8. The van der Waals surface area contributed by atoms with E-state index >= 15 is 0 Å². The third-order valence-electron chi connectivity index (χ3n) is 4.19. The second-order valence-corrected chi connectivity index (χ2v) is 60.2. The van der Waals surface area contributed by atoms with E-state index in [1.54, 1.807) is 0 Å². The van der Waals surface area contributed by atoms with Crippen LogP contribution in [0.3, 0.4) is 0 Å². The van der Waals surface area contributed by atoms with Gasteiger partial charge in [0.15, 0.2) is 0 Å². The van der Waals surface area contributed by atoms with Crippen LogP contribution in [0.1, 0.15) is 60.3 Å². The van der Waals surface area contributed by atoms with Crippen molar-refractivity contribution in [2.75, 3.05) is 33.0 Å². The van der Waals surface area contributed by atoms with Crippen LogP contribution in [0.25, 0.3) is 10.4 Å². The zero-order valence-electron chi connectivity index (χ0n) is 16.2. The number of nitrogens with zero attached hydrogens (tertiary/aromatic N) is 3. The second kappa shape index (κ2) is 9.68. The van der Waals surface area contributed by atoms with Crippen molar-refractivity contribution in [3.63, 3.8) is 0 Å². The zero-order chi connectivity index (χ0) is 18.9. The molecule has 0 heterocycles. The quantitative estimate of drug-likeness (QED) is 0.152. The van der Waals surface area contributed by atoms with Crippen molar-refractivity contribution in [1.29, 1.82) is 0 Å². The van der Waals surface area contributed by atoms with Gasteiger partial charge in [-0.15, -0.1) is 0 Å². The molecule has 1 rings (SSSR count). The van der Waals surface area contributed by atoms with Crippen molar-refractivity contribution in [3.05, 3.63) is 10.4 Å². The van der Waals surface area contributed by atoms with E-state index in [2.05, 4.69) is 8.43 Å². The van der Waals surface area contributed by atoms with Crippen LogP contribution in [0.15, 0.2) is 3.52 Å². The number of hydrogen-bond acceptors (Lipinski definition) is 6. The Labute approximate surface area is 155 Å². The molecule has 0 aromatic heterocycles. The summed E-state index contributed by atoms with van der Waals surface area (Å²) in [5.41, 5.74) is 9.39. The molecule has 0 amide bonds. The minimum absolute atomic E-state index is 0.257. The fourth-order valence-electron chi connectivity index (χ4n) is 3.68. The third kappa shape index (κ3) is 4.21. The SMILES string of the molecule is CC[O][Ta]([O]CC)([O]CC)([O]CC)([O]CC)[Ta]([N]=[N+]=[N-])[CH]1CCCC1. The number of rotatable bonds is 13. The van der Waals surface area contributed by atoms with Crippen molar-refractivity contribution in [3.8, 4) is 0 Å². The van der Waals surface area contributed by atoms with Crippen LogP contribution < -0.4 is 0 Å². The monoisotopic (exact) mass is 698 g/mol. The summed E-state index contributed by atoms with van der Waals surface area (Å²) in [4.78, 5) is 3.21. The summed E-state index contributed by atoms with van der Waals surface area (Å²) in [6.07, 6.45) is 4.24. The molecular formula is C15H34N3O5Ta2. The predicted molar refractivity (Wildman–Crippen MR) is 89.5 cm³/mol. The Bertz CT molecular complexity index is 422. The molecule has 0 aliphatic heterocycles. The molecule has 10 heteroatoms. The molecule has 8 nitrogen and oxygen atoms in total. The molecule has 25 heavy (non-hydrogen) atoms. The molecule has 1 fully saturated rings. The first-order valence-corrected chi connectivity index (χ1v) is 32.3. The minimum atomic E-state index is -6.17. The first-order valence-electron chi connectivity index (χ1n) is 9.27. The zero-order valence-corrected chi connectivity index (χ0v) is 22.6. The van der Waals surface area contributed by atoms with E-state index in [1.165, 1.54) is 0 Å². The third-order valence-corrected chi connectivity index (χ3v) is 80.2. The molecule has 0 aromatic carbocycles. The molecule has 0 atom stereocenters. The van der Waals surface area contributed by atoms with Gasteiger partial charge in [0.1, 0.15) is 0 Å². The van der Waals surface area contributed by atoms with Crippen LogP contribution in [0.2, 0.25) is 4.14 Å². The Morgan fingerprint density at radius 2 is 1.20 bits per heavy atom. The van der Waals surface area contributed by atoms with Crippen LogP contribution in [0, 0.1) is 0 Å². The van der Waals surface area contributed by atoms with E-state index in [-0.39, 0.29) is 4.14 Å². The van der Waals surface area contributed by atoms with Crippen molar-refractivity contribution in [2.45, 2.75) is 64.4 Å². The molecule has 0 bridgehead atoms. The topological polar surface area (TPSA) is 94.9 Å². The molecule has 1 saturated carbocycles. The fraction of sp³-hybridized carbons (Fsp3) is 1.00. The first kappa shape index (κ1) is 23.6. The Morgan fingerprint density at radius 1 is 0.840 bits per heavy atom. The Morgan fingerprint density at radius 3 is 1.48 bits per heavy atom. The van der Waals surface area contributed by atoms with Gasteiger partial charge in [-0.3, -0.25) is 0 Å². The molecule has 0 unspecified atom stereocenters. The molecule has 149 valence electrons. The molecule has 0 N–H and O–H groups in total. The maximum atomic E-state index is 9.39. The Hall–Kier alpha value is 0.591. The average molecular weight is 698 g/mol. The van der Waals surface area contributed by atoms with E-state index < -0.39 is 28.3 Å². The molecule has 0 aromatic rings. The maximum absolute atomic E-state index is 9.39. The van der Waals surface area contributed by atoms with Crippen LogP contribution in [0.5, 0.6) is 0 Å². The first-order chi connectivity index (χ1) is 12.0. The average Bonchev–Trinajstić information content (AvgIpc) is 3.08. The second-order valence-electron chi connectivity index (χ2n) is 5.68. The summed E-state index contributed by atoms with van der Waals surface area (Å²) in [5.74, 6) is 0. The van der Waals surface area contributed by atoms with Gasteiger partial charge in [-0.05, 0) is 0 Å². The summed E-state index contributed by atoms with van der Waals surface area (Å²) in [7, 11) is 0. The molecule has 0 spiro atoms. The summed E-state index contributed by atoms with van der Waals surface area (Å²) in [6.45, 7) is 11.1. The number of azide groups is 1. The molecule has 0 radical (unpaired) electrons. The summed E-state index contributed by atoms with van der Waals surface area (Å²) in [6, 6.07) is 0. The van der Waals surface area contributed by atoms with Gasteiger partial charge in [-0.1, -0.05) is 0 Å². The summed E-state index contributed by atoms with van der Waals surface area (Å²) >= 11 is -9.63. The van der Waals surface area contributed by atoms with E-state index in [0.717, 1.165) is 25.7 Å². The summed E-state index contributed by atoms with van der Waals surface area (Å²) in [5, 5.41) is 0. The molecule has 0 saturated heterocycles. The molecule has 1 aliphatic rings. The van der Waals surface area contributed by atoms with Gasteiger partial charge in [0.2, 0.25) is 0 Å². The molecule has 1 aliphatic carbocycles. The van der Waals surface area contributed by atoms with Gasteiger partial charge < -0.3 is 0 Å². The van der Waals surface area contributed by atoms with E-state index in [4.69, 9.17) is 16.2 Å². The van der Waals surface area contributed by atoms with Crippen LogP contribution in [0.4, 0.5) is 0 Å². The van der Waals surface area contributed by atoms with Gasteiger partial charge in [0, 0.05) is 0 Å². The fourth-order valence-corrected chi connectivity index (χ4v) is 91.5. The van der Waals surface area contributed by atoms with E-state index in [9.17, 15) is 5.53 Å². The van der Waals surface area contributed by atoms with E-state index in [0.29, 0.717) is 33.0 Å². The van der Waals surface area contributed by atoms with Crippen molar-refractivity contribution < 1.29 is 44.6 Å². The van der Waals surface area contributed by atoms with Crippen LogP contribution in [-0.4, -0.2) is 33.0 Å². The normalized spacial score (nSPS) is 18.8. The van der Waals surface area contributed by atoms with Crippen molar-refractivity contribution in [2.24, 2.45) is 3.52 Å². The number of hydrogen-bond donors (Lipinski definition) is 0. The van der Waals surface area contributed by atoms with Gasteiger partial charge in [-0.2, -0.15) is 0 Å². The van der Waals surface area contributed by atoms with Crippen LogP contribution >= 0.6 is 0 Å². The van der Waals surface area contributed by atoms with Crippen molar-refractivity contribution >= 4 is 0 Å². The predicted octanol–water partition coefficient (Wildman–Crippen LogP) is 5.09. The van der Waals surface area contributed by atoms with Crippen LogP contribution in [-0.2, 0) is 44.6 Å². The van der Waals surface area contributed by atoms with Gasteiger partial charge in [-0.25, -0.2) is 0 Å². The standard InChI is InChI=1S/C5H9.5C2H5O.N3.2Ta/c1-2-4-5-3-1;5*1-2-3;1-3-2;;/h1H,2-5H2;5*2H2,1H3;;;/q;6*-1;+1;+5. The van der Waals surface area contributed by atoms with Gasteiger partial charge in [0.05, 0.1) is 0 Å². The Kier molecular flexibility index (Phi) is 9.15. The van der Waals surface area contributed by atoms with Crippen molar-refractivity contribution in [1.82, 2.24) is 0 Å². The Balaban J connectivity index is 3.82. The van der Waals surface area contributed by atoms with E-state index in [1.807, 2.05) is 34.6 Å². The molecular weight excluding hydrogens is 664 g/mol.